The van der Waals surface area contributed by atoms with Crippen LogP contribution in [0.1, 0.15) is 23.7 Å². The minimum Gasteiger partial charge on any atom is -0.352 e. The zero-order valence-electron chi connectivity index (χ0n) is 8.66. The van der Waals surface area contributed by atoms with Gasteiger partial charge in [-0.2, -0.15) is 0 Å². The highest BCUT2D eigenvalue weighted by Crippen LogP contribution is 2.02. The third kappa shape index (κ3) is 3.94. The van der Waals surface area contributed by atoms with Crippen molar-refractivity contribution in [3.8, 4) is 0 Å². The lowest BCUT2D eigenvalue weighted by Gasteiger charge is -2.02. The average molecular weight is 207 g/mol. The molecule has 0 aliphatic heterocycles. The summed E-state index contributed by atoms with van der Waals surface area (Å²) in [6.07, 6.45) is 4.72. The molecule has 1 N–H and O–H groups in total. The zero-order chi connectivity index (χ0) is 11.1. The van der Waals surface area contributed by atoms with Gasteiger partial charge in [0.05, 0.1) is 0 Å². The molecular formula is C12H14FNO. The van der Waals surface area contributed by atoms with Crippen LogP contribution in [0.25, 0.3) is 0 Å². The number of carbonyl (C=O) groups excluding carboxylic acids is 1. The van der Waals surface area contributed by atoms with Crippen molar-refractivity contribution < 1.29 is 9.18 Å². The molecule has 80 valence electrons. The van der Waals surface area contributed by atoms with E-state index in [1.165, 1.54) is 24.3 Å². The summed E-state index contributed by atoms with van der Waals surface area (Å²) in [7, 11) is 0. The number of nitrogens with one attached hydrogen (secondary N) is 1. The molecule has 0 aliphatic carbocycles. The molecule has 0 saturated heterocycles. The fraction of sp³-hybridized carbons (Fsp3) is 0.250. The van der Waals surface area contributed by atoms with E-state index in [0.717, 1.165) is 6.42 Å². The number of hydrogen-bond acceptors (Lipinski definition) is 1. The lowest BCUT2D eigenvalue weighted by atomic mass is 10.2. The monoisotopic (exact) mass is 207 g/mol. The van der Waals surface area contributed by atoms with Crippen molar-refractivity contribution in [2.24, 2.45) is 0 Å². The summed E-state index contributed by atoms with van der Waals surface area (Å²) in [5.41, 5.74) is 0.483. The molecule has 1 aromatic rings. The topological polar surface area (TPSA) is 29.1 Å². The van der Waals surface area contributed by atoms with E-state index in [9.17, 15) is 9.18 Å². The predicted molar refractivity (Wildman–Crippen MR) is 58.2 cm³/mol. The highest BCUT2D eigenvalue weighted by Gasteiger charge is 2.03. The smallest absolute Gasteiger partial charge is 0.251 e. The van der Waals surface area contributed by atoms with Gasteiger partial charge in [0.15, 0.2) is 0 Å². The number of rotatable bonds is 4. The van der Waals surface area contributed by atoms with Gasteiger partial charge in [-0.15, -0.1) is 0 Å². The van der Waals surface area contributed by atoms with Crippen LogP contribution in [-0.4, -0.2) is 12.5 Å². The number of halogens is 1. The Bertz CT molecular complexity index is 343. The first-order chi connectivity index (χ1) is 7.24. The van der Waals surface area contributed by atoms with Crippen molar-refractivity contribution in [2.75, 3.05) is 6.54 Å². The lowest BCUT2D eigenvalue weighted by Crippen LogP contribution is -2.23. The molecule has 0 atom stereocenters. The van der Waals surface area contributed by atoms with Gasteiger partial charge in [-0.25, -0.2) is 4.39 Å². The summed E-state index contributed by atoms with van der Waals surface area (Å²) in [5.74, 6) is -0.500. The number of hydrogen-bond donors (Lipinski definition) is 1. The Morgan fingerprint density at radius 3 is 2.67 bits per heavy atom. The second-order valence-electron chi connectivity index (χ2n) is 3.12. The fourth-order valence-electron chi connectivity index (χ4n) is 1.14. The molecule has 0 heterocycles. The summed E-state index contributed by atoms with van der Waals surface area (Å²) < 4.78 is 12.6. The first-order valence-electron chi connectivity index (χ1n) is 4.89. The number of amides is 1. The summed E-state index contributed by atoms with van der Waals surface area (Å²) in [6.45, 7) is 2.53. The normalized spacial score (nSPS) is 10.5. The third-order valence-electron chi connectivity index (χ3n) is 1.94. The minimum absolute atomic E-state index is 0.167. The molecule has 0 fully saturated rings. The summed E-state index contributed by atoms with van der Waals surface area (Å²) >= 11 is 0. The van der Waals surface area contributed by atoms with Crippen LogP contribution < -0.4 is 5.32 Å². The van der Waals surface area contributed by atoms with Gasteiger partial charge in [0.2, 0.25) is 0 Å². The summed E-state index contributed by atoms with van der Waals surface area (Å²) in [5, 5.41) is 2.74. The SMILES string of the molecule is C/C=C/CCNC(=O)c1ccc(F)cc1. The largest absolute Gasteiger partial charge is 0.352 e. The van der Waals surface area contributed by atoms with Crippen LogP contribution >= 0.6 is 0 Å². The molecule has 1 aromatic carbocycles. The van der Waals surface area contributed by atoms with Crippen molar-refractivity contribution in [3.05, 3.63) is 47.8 Å². The van der Waals surface area contributed by atoms with E-state index in [0.29, 0.717) is 12.1 Å². The zero-order valence-corrected chi connectivity index (χ0v) is 8.66. The van der Waals surface area contributed by atoms with E-state index in [4.69, 9.17) is 0 Å². The Morgan fingerprint density at radius 1 is 1.40 bits per heavy atom. The van der Waals surface area contributed by atoms with Crippen LogP contribution in [0.4, 0.5) is 4.39 Å². The van der Waals surface area contributed by atoms with Gasteiger partial charge in [0.1, 0.15) is 5.82 Å². The van der Waals surface area contributed by atoms with Crippen molar-refractivity contribution in [1.29, 1.82) is 0 Å². The molecule has 0 aromatic heterocycles. The van der Waals surface area contributed by atoms with E-state index in [2.05, 4.69) is 5.32 Å². The Morgan fingerprint density at radius 2 is 2.07 bits per heavy atom. The summed E-state index contributed by atoms with van der Waals surface area (Å²) in [6, 6.07) is 5.50. The van der Waals surface area contributed by atoms with Gasteiger partial charge in [-0.05, 0) is 37.6 Å². The maximum atomic E-state index is 12.6. The third-order valence-corrected chi connectivity index (χ3v) is 1.94. The fourth-order valence-corrected chi connectivity index (χ4v) is 1.14. The maximum Gasteiger partial charge on any atom is 0.251 e. The van der Waals surface area contributed by atoms with E-state index < -0.39 is 0 Å². The minimum atomic E-state index is -0.333. The van der Waals surface area contributed by atoms with Crippen LogP contribution in [-0.2, 0) is 0 Å². The van der Waals surface area contributed by atoms with Crippen molar-refractivity contribution in [3.63, 3.8) is 0 Å². The highest BCUT2D eigenvalue weighted by atomic mass is 19.1. The second-order valence-corrected chi connectivity index (χ2v) is 3.12. The number of benzene rings is 1. The predicted octanol–water partition coefficient (Wildman–Crippen LogP) is 2.52. The molecule has 1 rings (SSSR count). The van der Waals surface area contributed by atoms with Crippen molar-refractivity contribution in [2.45, 2.75) is 13.3 Å². The van der Waals surface area contributed by atoms with E-state index in [1.54, 1.807) is 0 Å². The number of carbonyl (C=O) groups is 1. The van der Waals surface area contributed by atoms with Gasteiger partial charge in [0, 0.05) is 12.1 Å². The molecule has 0 aliphatic rings. The molecule has 15 heavy (non-hydrogen) atoms. The van der Waals surface area contributed by atoms with Gasteiger partial charge >= 0.3 is 0 Å². The van der Waals surface area contributed by atoms with E-state index in [1.807, 2.05) is 19.1 Å². The van der Waals surface area contributed by atoms with E-state index in [-0.39, 0.29) is 11.7 Å². The van der Waals surface area contributed by atoms with Crippen LogP contribution in [0.2, 0.25) is 0 Å². The van der Waals surface area contributed by atoms with Crippen molar-refractivity contribution >= 4 is 5.91 Å². The average Bonchev–Trinajstić information content (AvgIpc) is 2.25. The molecular weight excluding hydrogens is 193 g/mol. The maximum absolute atomic E-state index is 12.6. The molecule has 1 amide bonds. The molecule has 0 bridgehead atoms. The van der Waals surface area contributed by atoms with Crippen LogP contribution in [0.5, 0.6) is 0 Å². The molecule has 0 unspecified atom stereocenters. The summed E-state index contributed by atoms with van der Waals surface area (Å²) in [4.78, 5) is 11.5. The first-order valence-corrected chi connectivity index (χ1v) is 4.89. The molecule has 0 saturated carbocycles. The lowest BCUT2D eigenvalue weighted by molar-refractivity contribution is 0.0954. The Labute approximate surface area is 88.8 Å². The quantitative estimate of drug-likeness (QED) is 0.596. The second kappa shape index (κ2) is 5.96. The van der Waals surface area contributed by atoms with Gasteiger partial charge < -0.3 is 5.32 Å². The van der Waals surface area contributed by atoms with Crippen LogP contribution in [0.15, 0.2) is 36.4 Å². The van der Waals surface area contributed by atoms with E-state index >= 15 is 0 Å². The number of allylic oxidation sites excluding steroid dienone is 1. The van der Waals surface area contributed by atoms with Crippen LogP contribution in [0.3, 0.4) is 0 Å². The Hall–Kier alpha value is -1.64. The highest BCUT2D eigenvalue weighted by molar-refractivity contribution is 5.94. The first kappa shape index (κ1) is 11.4. The van der Waals surface area contributed by atoms with Crippen molar-refractivity contribution in [1.82, 2.24) is 5.32 Å². The van der Waals surface area contributed by atoms with Crippen LogP contribution in [0, 0.1) is 5.82 Å². The molecule has 3 heteroatoms. The van der Waals surface area contributed by atoms with Gasteiger partial charge in [-0.1, -0.05) is 12.2 Å². The van der Waals surface area contributed by atoms with Gasteiger partial charge in [0.25, 0.3) is 5.91 Å². The Kier molecular flexibility index (Phi) is 4.54. The van der Waals surface area contributed by atoms with Gasteiger partial charge in [-0.3, -0.25) is 4.79 Å². The Balaban J connectivity index is 2.43. The molecule has 0 radical (unpaired) electrons. The standard InChI is InChI=1S/C12H14FNO/c1-2-3-4-9-14-12(15)10-5-7-11(13)8-6-10/h2-3,5-8H,4,9H2,1H3,(H,14,15)/b3-2+. The molecule has 0 spiro atoms. The molecule has 2 nitrogen and oxygen atoms in total.